The largest absolute Gasteiger partial charge is 0.497 e. The average molecular weight is 543 g/mol. The van der Waals surface area contributed by atoms with Crippen molar-refractivity contribution in [3.8, 4) is 5.75 Å². The van der Waals surface area contributed by atoms with Gasteiger partial charge in [-0.2, -0.15) is 0 Å². The smallest absolute Gasteiger partial charge is 0.226 e. The summed E-state index contributed by atoms with van der Waals surface area (Å²) in [5, 5.41) is 5.81. The molecule has 2 saturated heterocycles. The Morgan fingerprint density at radius 1 is 1.08 bits per heavy atom. The summed E-state index contributed by atoms with van der Waals surface area (Å²) in [5.41, 5.74) is 0.0281. The monoisotopic (exact) mass is 542 g/mol. The van der Waals surface area contributed by atoms with E-state index >= 15 is 0 Å². The van der Waals surface area contributed by atoms with Gasteiger partial charge in [0, 0.05) is 18.9 Å². The zero-order valence-electron chi connectivity index (χ0n) is 23.3. The third-order valence-electron chi connectivity index (χ3n) is 8.38. The quantitative estimate of drug-likeness (QED) is 0.347. The first-order chi connectivity index (χ1) is 18.7. The van der Waals surface area contributed by atoms with Gasteiger partial charge in [0.15, 0.2) is 11.6 Å². The van der Waals surface area contributed by atoms with Gasteiger partial charge in [0.25, 0.3) is 0 Å². The summed E-state index contributed by atoms with van der Waals surface area (Å²) in [6.45, 7) is 4.67. The molecule has 2 heterocycles. The van der Waals surface area contributed by atoms with Crippen LogP contribution >= 0.6 is 0 Å². The molecule has 9 nitrogen and oxygen atoms in total. The van der Waals surface area contributed by atoms with E-state index in [0.29, 0.717) is 50.8 Å². The molecule has 3 aliphatic rings. The van der Waals surface area contributed by atoms with Crippen molar-refractivity contribution in [2.24, 2.45) is 17.8 Å². The molecule has 2 amide bonds. The fraction of sp³-hybridized carbons (Fsp3) is 0.667. The molecule has 9 heteroatoms. The summed E-state index contributed by atoms with van der Waals surface area (Å²) >= 11 is 0. The third-order valence-corrected chi connectivity index (χ3v) is 8.38. The fourth-order valence-electron chi connectivity index (χ4n) is 5.60. The maximum atomic E-state index is 13.7. The number of nitrogens with one attached hydrogen (secondary N) is 2. The zero-order valence-corrected chi connectivity index (χ0v) is 23.3. The minimum Gasteiger partial charge on any atom is -0.497 e. The highest BCUT2D eigenvalue weighted by molar-refractivity contribution is 5.98. The molecule has 1 saturated carbocycles. The number of carbonyl (C=O) groups is 4. The predicted molar refractivity (Wildman–Crippen MR) is 144 cm³/mol. The molecule has 0 bridgehead atoms. The van der Waals surface area contributed by atoms with Crippen LogP contribution in [0.4, 0.5) is 0 Å². The van der Waals surface area contributed by atoms with Crippen molar-refractivity contribution >= 4 is 23.4 Å². The van der Waals surface area contributed by atoms with E-state index in [4.69, 9.17) is 14.2 Å². The molecule has 1 aromatic rings. The number of hydrogen-bond donors (Lipinski definition) is 2. The number of carbonyl (C=O) groups excluding carboxylic acids is 4. The van der Waals surface area contributed by atoms with Gasteiger partial charge in [0.05, 0.1) is 38.3 Å². The first kappa shape index (κ1) is 29.2. The molecule has 1 aromatic carbocycles. The Kier molecular flexibility index (Phi) is 9.77. The molecule has 0 radical (unpaired) electrons. The van der Waals surface area contributed by atoms with Gasteiger partial charge >= 0.3 is 0 Å². The van der Waals surface area contributed by atoms with Crippen molar-refractivity contribution in [3.63, 3.8) is 0 Å². The lowest BCUT2D eigenvalue weighted by atomic mass is 9.88. The van der Waals surface area contributed by atoms with Crippen molar-refractivity contribution in [2.75, 3.05) is 26.9 Å². The second kappa shape index (κ2) is 13.0. The number of hydrogen-bond acceptors (Lipinski definition) is 7. The predicted octanol–water partition coefficient (Wildman–Crippen LogP) is 2.78. The Hall–Kier alpha value is -2.78. The Bertz CT molecular complexity index is 1020. The zero-order chi connectivity index (χ0) is 28.0. The molecular formula is C30H42N2O7. The van der Waals surface area contributed by atoms with Gasteiger partial charge in [-0.1, -0.05) is 37.8 Å². The van der Waals surface area contributed by atoms with E-state index in [-0.39, 0.29) is 35.7 Å². The lowest BCUT2D eigenvalue weighted by molar-refractivity contribution is -0.135. The lowest BCUT2D eigenvalue weighted by Crippen LogP contribution is -2.50. The van der Waals surface area contributed by atoms with Crippen LogP contribution in [0, 0.1) is 17.8 Å². The van der Waals surface area contributed by atoms with Crippen molar-refractivity contribution in [2.45, 2.75) is 82.9 Å². The van der Waals surface area contributed by atoms with Crippen LogP contribution < -0.4 is 15.4 Å². The Labute approximate surface area is 230 Å². The van der Waals surface area contributed by atoms with Gasteiger partial charge in [-0.15, -0.1) is 0 Å². The van der Waals surface area contributed by atoms with Crippen molar-refractivity contribution in [1.82, 2.24) is 10.6 Å². The van der Waals surface area contributed by atoms with Crippen LogP contribution in [-0.4, -0.2) is 68.0 Å². The maximum Gasteiger partial charge on any atom is 0.226 e. The minimum atomic E-state index is -0.847. The minimum absolute atomic E-state index is 0.0570. The molecule has 39 heavy (non-hydrogen) atoms. The molecule has 4 rings (SSSR count). The number of ketones is 2. The summed E-state index contributed by atoms with van der Waals surface area (Å²) in [5.74, 6) is -0.740. The van der Waals surface area contributed by atoms with Crippen LogP contribution in [0.25, 0.3) is 0 Å². The van der Waals surface area contributed by atoms with Crippen molar-refractivity contribution < 1.29 is 33.4 Å². The van der Waals surface area contributed by atoms with E-state index in [1.54, 1.807) is 21.0 Å². The summed E-state index contributed by atoms with van der Waals surface area (Å²) < 4.78 is 16.0. The highest BCUT2D eigenvalue weighted by atomic mass is 16.6. The van der Waals surface area contributed by atoms with Gasteiger partial charge in [0.1, 0.15) is 11.4 Å². The van der Waals surface area contributed by atoms with Crippen molar-refractivity contribution in [1.29, 1.82) is 0 Å². The Morgan fingerprint density at radius 2 is 1.77 bits per heavy atom. The van der Waals surface area contributed by atoms with E-state index in [2.05, 4.69) is 10.6 Å². The van der Waals surface area contributed by atoms with E-state index in [1.165, 1.54) is 0 Å². The summed E-state index contributed by atoms with van der Waals surface area (Å²) in [4.78, 5) is 52.8. The van der Waals surface area contributed by atoms with Gasteiger partial charge in [-0.05, 0) is 56.7 Å². The molecule has 1 aliphatic carbocycles. The maximum absolute atomic E-state index is 13.7. The molecule has 5 atom stereocenters. The highest BCUT2D eigenvalue weighted by Gasteiger charge is 2.50. The number of benzene rings is 1. The number of ether oxygens (including phenoxy) is 3. The Morgan fingerprint density at radius 3 is 2.36 bits per heavy atom. The molecule has 0 aromatic heterocycles. The summed E-state index contributed by atoms with van der Waals surface area (Å²) in [6, 6.07) is 5.98. The van der Waals surface area contributed by atoms with Crippen LogP contribution in [0.5, 0.6) is 5.75 Å². The van der Waals surface area contributed by atoms with Crippen LogP contribution in [0.1, 0.15) is 64.4 Å². The summed E-state index contributed by atoms with van der Waals surface area (Å²) in [7, 11) is 1.59. The highest BCUT2D eigenvalue weighted by Crippen LogP contribution is 2.34. The van der Waals surface area contributed by atoms with E-state index in [9.17, 15) is 19.2 Å². The second-order valence-electron chi connectivity index (χ2n) is 11.5. The number of rotatable bonds is 14. The Balaban J connectivity index is 1.46. The normalized spacial score (nSPS) is 24.9. The first-order valence-corrected chi connectivity index (χ1v) is 14.2. The molecule has 0 spiro atoms. The van der Waals surface area contributed by atoms with Gasteiger partial charge in [-0.25, -0.2) is 0 Å². The third kappa shape index (κ3) is 7.88. The summed E-state index contributed by atoms with van der Waals surface area (Å²) in [6.07, 6.45) is 5.85. The van der Waals surface area contributed by atoms with E-state index < -0.39 is 23.6 Å². The fourth-order valence-corrected chi connectivity index (χ4v) is 5.60. The van der Waals surface area contributed by atoms with Crippen LogP contribution in [0.2, 0.25) is 0 Å². The standard InChI is InChI=1S/C30H42N2O7/c1-19(31-28(35)22-12-13-38-17-22)26(33)16-23(14-21-8-10-24(37-3)11-9-21)29(36)32-25(15-20-6-4-5-7-20)27(34)30(2)18-39-30/h8-11,19-20,22-23,25H,4-7,12-18H2,1-3H3,(H,31,35)(H,32,36). The lowest BCUT2D eigenvalue weighted by Gasteiger charge is -2.26. The number of methoxy groups -OCH3 is 1. The number of epoxide rings is 1. The number of Topliss-reactive ketones (excluding diaryl/α,β-unsaturated/α-hetero) is 2. The molecule has 214 valence electrons. The number of amides is 2. The second-order valence-corrected chi connectivity index (χ2v) is 11.5. The van der Waals surface area contributed by atoms with E-state index in [0.717, 1.165) is 31.2 Å². The van der Waals surface area contributed by atoms with Crippen LogP contribution in [-0.2, 0) is 35.1 Å². The molecule has 2 N–H and O–H groups in total. The SMILES string of the molecule is COc1ccc(CC(CC(=O)C(C)NC(=O)C2CCOC2)C(=O)NC(CC2CCCC2)C(=O)C2(C)CO2)cc1. The van der Waals surface area contributed by atoms with Gasteiger partial charge in [-0.3, -0.25) is 19.2 Å². The van der Waals surface area contributed by atoms with Gasteiger partial charge in [0.2, 0.25) is 11.8 Å². The topological polar surface area (TPSA) is 123 Å². The van der Waals surface area contributed by atoms with E-state index in [1.807, 2.05) is 24.3 Å². The van der Waals surface area contributed by atoms with Crippen LogP contribution in [0.15, 0.2) is 24.3 Å². The molecule has 5 unspecified atom stereocenters. The van der Waals surface area contributed by atoms with Crippen molar-refractivity contribution in [3.05, 3.63) is 29.8 Å². The molecule has 3 fully saturated rings. The first-order valence-electron chi connectivity index (χ1n) is 14.2. The average Bonchev–Trinajstić information content (AvgIpc) is 3.32. The molecule has 2 aliphatic heterocycles. The molecular weight excluding hydrogens is 500 g/mol. The van der Waals surface area contributed by atoms with Crippen LogP contribution in [0.3, 0.4) is 0 Å². The van der Waals surface area contributed by atoms with Gasteiger partial charge < -0.3 is 24.8 Å².